The topological polar surface area (TPSA) is 83.1 Å². The first-order valence-corrected chi connectivity index (χ1v) is 6.41. The van der Waals surface area contributed by atoms with E-state index in [4.69, 9.17) is 0 Å². The Morgan fingerprint density at radius 2 is 2.35 bits per heavy atom. The van der Waals surface area contributed by atoms with Gasteiger partial charge in [0.2, 0.25) is 0 Å². The quantitative estimate of drug-likeness (QED) is 0.738. The van der Waals surface area contributed by atoms with Gasteiger partial charge in [0.1, 0.15) is 6.04 Å². The number of carbonyl (C=O) groups excluding carboxylic acids is 2. The van der Waals surface area contributed by atoms with Crippen molar-refractivity contribution >= 4 is 28.4 Å². The second-order valence-electron chi connectivity index (χ2n) is 4.25. The molecule has 1 saturated heterocycles. The number of anilines is 1. The van der Waals surface area contributed by atoms with E-state index in [1.54, 1.807) is 0 Å². The average Bonchev–Trinajstić information content (AvgIpc) is 2.90. The highest BCUT2D eigenvalue weighted by molar-refractivity contribution is 7.13. The Hall–Kier alpha value is -1.63. The van der Waals surface area contributed by atoms with Crippen LogP contribution in [0.25, 0.3) is 0 Å². The van der Waals surface area contributed by atoms with Gasteiger partial charge in [-0.25, -0.2) is 9.78 Å². The zero-order chi connectivity index (χ0) is 11.8. The van der Waals surface area contributed by atoms with Gasteiger partial charge in [-0.2, -0.15) is 0 Å². The van der Waals surface area contributed by atoms with Crippen LogP contribution in [0.5, 0.6) is 0 Å². The zero-order valence-electron chi connectivity index (χ0n) is 9.03. The number of carbonyl (C=O) groups is 2. The molecule has 3 amide bonds. The standard InChI is InChI=1S/C10H12N4O2S/c15-8(6-3-11-9(16)12-6)14-10-13-7(4-17-10)5-1-2-5/h4-6H,1-3H2,(H2,11,12,16)(H,13,14,15). The minimum absolute atomic E-state index is 0.222. The molecule has 1 aromatic heterocycles. The molecule has 1 aromatic rings. The van der Waals surface area contributed by atoms with E-state index in [0.717, 1.165) is 5.69 Å². The van der Waals surface area contributed by atoms with Crippen LogP contribution in [0.4, 0.5) is 9.93 Å². The van der Waals surface area contributed by atoms with Crippen LogP contribution in [0.15, 0.2) is 5.38 Å². The Kier molecular flexibility index (Phi) is 2.47. The molecule has 1 aliphatic carbocycles. The fourth-order valence-corrected chi connectivity index (χ4v) is 2.51. The van der Waals surface area contributed by atoms with E-state index in [0.29, 0.717) is 17.6 Å². The van der Waals surface area contributed by atoms with Crippen molar-refractivity contribution < 1.29 is 9.59 Å². The van der Waals surface area contributed by atoms with Crippen LogP contribution in [0.2, 0.25) is 0 Å². The molecule has 2 fully saturated rings. The number of rotatable bonds is 3. The molecule has 2 heterocycles. The molecule has 1 unspecified atom stereocenters. The van der Waals surface area contributed by atoms with Crippen LogP contribution in [0, 0.1) is 0 Å². The van der Waals surface area contributed by atoms with Crippen LogP contribution < -0.4 is 16.0 Å². The summed E-state index contributed by atoms with van der Waals surface area (Å²) >= 11 is 1.43. The van der Waals surface area contributed by atoms with Crippen LogP contribution >= 0.6 is 11.3 Å². The third-order valence-corrected chi connectivity index (χ3v) is 3.61. The van der Waals surface area contributed by atoms with Gasteiger partial charge in [-0.3, -0.25) is 4.79 Å². The molecular formula is C10H12N4O2S. The number of thiazole rings is 1. The van der Waals surface area contributed by atoms with Crippen LogP contribution in [0.3, 0.4) is 0 Å². The fraction of sp³-hybridized carbons (Fsp3) is 0.500. The number of urea groups is 1. The van der Waals surface area contributed by atoms with Gasteiger partial charge >= 0.3 is 6.03 Å². The molecule has 90 valence electrons. The van der Waals surface area contributed by atoms with E-state index >= 15 is 0 Å². The van der Waals surface area contributed by atoms with Crippen LogP contribution in [-0.2, 0) is 4.79 Å². The average molecular weight is 252 g/mol. The van der Waals surface area contributed by atoms with Gasteiger partial charge in [0.05, 0.1) is 5.69 Å². The summed E-state index contributed by atoms with van der Waals surface area (Å²) in [4.78, 5) is 27.0. The normalized spacial score (nSPS) is 23.1. The van der Waals surface area contributed by atoms with Gasteiger partial charge in [-0.1, -0.05) is 0 Å². The number of nitrogens with zero attached hydrogens (tertiary/aromatic N) is 1. The number of hydrogen-bond donors (Lipinski definition) is 3. The van der Waals surface area contributed by atoms with Crippen molar-refractivity contribution in [2.75, 3.05) is 11.9 Å². The first kappa shape index (κ1) is 10.5. The van der Waals surface area contributed by atoms with Crippen molar-refractivity contribution in [3.05, 3.63) is 11.1 Å². The lowest BCUT2D eigenvalue weighted by atomic mass is 10.3. The van der Waals surface area contributed by atoms with Crippen molar-refractivity contribution in [3.8, 4) is 0 Å². The minimum atomic E-state index is -0.504. The van der Waals surface area contributed by atoms with E-state index in [2.05, 4.69) is 20.9 Å². The SMILES string of the molecule is O=C1NCC(C(=O)Nc2nc(C3CC3)cs2)N1. The van der Waals surface area contributed by atoms with Gasteiger partial charge < -0.3 is 16.0 Å². The molecule has 3 N–H and O–H groups in total. The Morgan fingerprint density at radius 1 is 1.53 bits per heavy atom. The first-order chi connectivity index (χ1) is 8.22. The second kappa shape index (κ2) is 3.99. The van der Waals surface area contributed by atoms with Gasteiger partial charge in [0.25, 0.3) is 5.91 Å². The lowest BCUT2D eigenvalue weighted by Crippen LogP contribution is -2.38. The van der Waals surface area contributed by atoms with Gasteiger partial charge in [-0.15, -0.1) is 11.3 Å². The van der Waals surface area contributed by atoms with Crippen molar-refractivity contribution in [1.82, 2.24) is 15.6 Å². The molecule has 0 aromatic carbocycles. The maximum Gasteiger partial charge on any atom is 0.315 e. The lowest BCUT2D eigenvalue weighted by Gasteiger charge is -2.06. The largest absolute Gasteiger partial charge is 0.336 e. The summed E-state index contributed by atoms with van der Waals surface area (Å²) in [7, 11) is 0. The van der Waals surface area contributed by atoms with Crippen molar-refractivity contribution in [2.24, 2.45) is 0 Å². The Bertz CT molecular complexity index is 469. The highest BCUT2D eigenvalue weighted by atomic mass is 32.1. The third-order valence-electron chi connectivity index (χ3n) is 2.84. The molecular weight excluding hydrogens is 240 g/mol. The third kappa shape index (κ3) is 2.23. The van der Waals surface area contributed by atoms with Crippen LogP contribution in [-0.4, -0.2) is 29.5 Å². The maximum atomic E-state index is 11.8. The number of amides is 3. The van der Waals surface area contributed by atoms with E-state index in [-0.39, 0.29) is 11.9 Å². The highest BCUT2D eigenvalue weighted by Crippen LogP contribution is 2.40. The minimum Gasteiger partial charge on any atom is -0.336 e. The molecule has 17 heavy (non-hydrogen) atoms. The summed E-state index contributed by atoms with van der Waals surface area (Å²) in [5, 5.41) is 10.4. The van der Waals surface area contributed by atoms with Crippen molar-refractivity contribution in [2.45, 2.75) is 24.8 Å². The molecule has 1 atom stereocenters. The molecule has 0 radical (unpaired) electrons. The van der Waals surface area contributed by atoms with Gasteiger partial charge in [0.15, 0.2) is 5.13 Å². The van der Waals surface area contributed by atoms with E-state index in [9.17, 15) is 9.59 Å². The summed E-state index contributed by atoms with van der Waals surface area (Å²) < 4.78 is 0. The molecule has 1 saturated carbocycles. The summed E-state index contributed by atoms with van der Waals surface area (Å²) in [5.41, 5.74) is 1.07. The summed E-state index contributed by atoms with van der Waals surface area (Å²) in [6, 6.07) is -0.807. The fourth-order valence-electron chi connectivity index (χ4n) is 1.72. The summed E-state index contributed by atoms with van der Waals surface area (Å²) in [6.45, 7) is 0.325. The van der Waals surface area contributed by atoms with Crippen LogP contribution in [0.1, 0.15) is 24.5 Å². The summed E-state index contributed by atoms with van der Waals surface area (Å²) in [5.74, 6) is 0.366. The molecule has 6 nitrogen and oxygen atoms in total. The zero-order valence-corrected chi connectivity index (χ0v) is 9.84. The Morgan fingerprint density at radius 3 is 3.00 bits per heavy atom. The molecule has 2 aliphatic rings. The maximum absolute atomic E-state index is 11.8. The smallest absolute Gasteiger partial charge is 0.315 e. The second-order valence-corrected chi connectivity index (χ2v) is 5.11. The van der Waals surface area contributed by atoms with E-state index in [1.165, 1.54) is 24.2 Å². The van der Waals surface area contributed by atoms with E-state index < -0.39 is 6.04 Å². The summed E-state index contributed by atoms with van der Waals surface area (Å²) in [6.07, 6.45) is 2.39. The molecule has 1 aliphatic heterocycles. The number of aromatic nitrogens is 1. The molecule has 0 spiro atoms. The predicted molar refractivity (Wildman–Crippen MR) is 63.0 cm³/mol. The monoisotopic (exact) mass is 252 g/mol. The predicted octanol–water partition coefficient (Wildman–Crippen LogP) is 0.640. The molecule has 0 bridgehead atoms. The Balaban J connectivity index is 1.61. The van der Waals surface area contributed by atoms with Gasteiger partial charge in [0, 0.05) is 17.8 Å². The van der Waals surface area contributed by atoms with Gasteiger partial charge in [-0.05, 0) is 12.8 Å². The number of hydrogen-bond acceptors (Lipinski definition) is 4. The highest BCUT2D eigenvalue weighted by Gasteiger charge is 2.29. The molecule has 7 heteroatoms. The van der Waals surface area contributed by atoms with Crippen molar-refractivity contribution in [1.29, 1.82) is 0 Å². The molecule has 3 rings (SSSR count). The Labute approximate surface area is 102 Å². The first-order valence-electron chi connectivity index (χ1n) is 5.53. The van der Waals surface area contributed by atoms with Crippen molar-refractivity contribution in [3.63, 3.8) is 0 Å². The number of nitrogens with one attached hydrogen (secondary N) is 3. The van der Waals surface area contributed by atoms with E-state index in [1.807, 2.05) is 5.38 Å². The lowest BCUT2D eigenvalue weighted by molar-refractivity contribution is -0.117.